The summed E-state index contributed by atoms with van der Waals surface area (Å²) in [4.78, 5) is 25.9. The number of carbonyl (C=O) groups is 2. The highest BCUT2D eigenvalue weighted by Crippen LogP contribution is 2.15. The Hall–Kier alpha value is -1.10. The van der Waals surface area contributed by atoms with Crippen molar-refractivity contribution in [2.24, 2.45) is 5.92 Å². The van der Waals surface area contributed by atoms with E-state index in [4.69, 9.17) is 4.74 Å². The molecule has 1 aliphatic heterocycles. The highest BCUT2D eigenvalue weighted by Gasteiger charge is 2.37. The molecule has 0 bridgehead atoms. The summed E-state index contributed by atoms with van der Waals surface area (Å²) >= 11 is 0. The van der Waals surface area contributed by atoms with Crippen molar-refractivity contribution < 1.29 is 14.3 Å². The van der Waals surface area contributed by atoms with Crippen LogP contribution in [-0.4, -0.2) is 48.1 Å². The maximum Gasteiger partial charge on any atom is 0.245 e. The van der Waals surface area contributed by atoms with E-state index in [1.54, 1.807) is 11.8 Å². The highest BCUT2D eigenvalue weighted by molar-refractivity contribution is 5.96. The second-order valence-electron chi connectivity index (χ2n) is 5.82. The Morgan fingerprint density at radius 1 is 1.26 bits per heavy atom. The molecule has 0 spiro atoms. The Balaban J connectivity index is 2.64. The van der Waals surface area contributed by atoms with Crippen LogP contribution in [0.3, 0.4) is 0 Å². The molecule has 2 atom stereocenters. The summed E-state index contributed by atoms with van der Waals surface area (Å²) < 4.78 is 5.47. The summed E-state index contributed by atoms with van der Waals surface area (Å²) in [5.74, 6) is 0.305. The fourth-order valence-corrected chi connectivity index (χ4v) is 2.21. The molecule has 1 aliphatic rings. The molecule has 0 saturated carbocycles. The van der Waals surface area contributed by atoms with Gasteiger partial charge >= 0.3 is 0 Å². The van der Waals surface area contributed by atoms with Crippen LogP contribution in [-0.2, 0) is 14.3 Å². The van der Waals surface area contributed by atoms with Gasteiger partial charge in [-0.15, -0.1) is 0 Å². The topological polar surface area (TPSA) is 58.6 Å². The number of hydrogen-bond donors (Lipinski definition) is 1. The van der Waals surface area contributed by atoms with E-state index in [2.05, 4.69) is 5.32 Å². The third-order valence-corrected chi connectivity index (χ3v) is 3.24. The second-order valence-corrected chi connectivity index (χ2v) is 5.82. The van der Waals surface area contributed by atoms with Gasteiger partial charge in [0.2, 0.25) is 11.8 Å². The van der Waals surface area contributed by atoms with Crippen molar-refractivity contribution in [3.05, 3.63) is 0 Å². The minimum atomic E-state index is -0.410. The van der Waals surface area contributed by atoms with Crippen molar-refractivity contribution in [2.45, 2.75) is 59.2 Å². The third-order valence-electron chi connectivity index (χ3n) is 3.24. The first-order valence-corrected chi connectivity index (χ1v) is 7.05. The zero-order valence-electron chi connectivity index (χ0n) is 12.6. The van der Waals surface area contributed by atoms with Crippen LogP contribution in [0.1, 0.15) is 41.0 Å². The first-order chi connectivity index (χ1) is 8.82. The van der Waals surface area contributed by atoms with E-state index in [1.165, 1.54) is 0 Å². The number of hydrogen-bond acceptors (Lipinski definition) is 3. The maximum absolute atomic E-state index is 12.3. The lowest BCUT2D eigenvalue weighted by molar-refractivity contribution is -0.150. The molecule has 1 heterocycles. The number of piperazine rings is 1. The first-order valence-electron chi connectivity index (χ1n) is 7.05. The van der Waals surface area contributed by atoms with Gasteiger partial charge < -0.3 is 15.0 Å². The van der Waals surface area contributed by atoms with Crippen molar-refractivity contribution in [2.75, 3.05) is 13.2 Å². The van der Waals surface area contributed by atoms with Gasteiger partial charge in [0.1, 0.15) is 12.1 Å². The van der Waals surface area contributed by atoms with Crippen LogP contribution in [0, 0.1) is 5.92 Å². The minimum Gasteiger partial charge on any atom is -0.377 e. The molecule has 2 amide bonds. The molecule has 1 rings (SSSR count). The van der Waals surface area contributed by atoms with Gasteiger partial charge in [0.05, 0.1) is 12.7 Å². The van der Waals surface area contributed by atoms with Crippen LogP contribution in [0.5, 0.6) is 0 Å². The average molecular weight is 270 g/mol. The van der Waals surface area contributed by atoms with Gasteiger partial charge in [-0.25, -0.2) is 0 Å². The Labute approximate surface area is 115 Å². The Morgan fingerprint density at radius 3 is 2.42 bits per heavy atom. The standard InChI is InChI=1S/C14H26N2O3/c1-9(2)8-12-14(18)16(6-7-19-10(3)4)11(5)13(17)15-12/h9-12H,6-8H2,1-5H3,(H,15,17). The predicted molar refractivity (Wildman–Crippen MR) is 73.6 cm³/mol. The van der Waals surface area contributed by atoms with Crippen molar-refractivity contribution in [3.8, 4) is 0 Å². The largest absolute Gasteiger partial charge is 0.377 e. The average Bonchev–Trinajstić information content (AvgIpc) is 2.29. The van der Waals surface area contributed by atoms with Gasteiger partial charge in [-0.2, -0.15) is 0 Å². The smallest absolute Gasteiger partial charge is 0.245 e. The number of ether oxygens (including phenoxy) is 1. The minimum absolute atomic E-state index is 0.00755. The molecule has 5 heteroatoms. The molecule has 5 nitrogen and oxygen atoms in total. The number of rotatable bonds is 6. The maximum atomic E-state index is 12.3. The van der Waals surface area contributed by atoms with E-state index in [1.807, 2.05) is 27.7 Å². The van der Waals surface area contributed by atoms with Crippen molar-refractivity contribution in [1.82, 2.24) is 10.2 Å². The highest BCUT2D eigenvalue weighted by atomic mass is 16.5. The van der Waals surface area contributed by atoms with Gasteiger partial charge in [0.15, 0.2) is 0 Å². The zero-order chi connectivity index (χ0) is 14.6. The zero-order valence-corrected chi connectivity index (χ0v) is 12.6. The van der Waals surface area contributed by atoms with Crippen LogP contribution in [0.25, 0.3) is 0 Å². The second kappa shape index (κ2) is 6.89. The molecule has 1 saturated heterocycles. The number of amides is 2. The van der Waals surface area contributed by atoms with E-state index >= 15 is 0 Å². The summed E-state index contributed by atoms with van der Waals surface area (Å²) in [6.45, 7) is 10.7. The normalized spacial score (nSPS) is 24.3. The SMILES string of the molecule is CC(C)CC1NC(=O)C(C)N(CCOC(C)C)C1=O. The van der Waals surface area contributed by atoms with E-state index in [-0.39, 0.29) is 24.0 Å². The van der Waals surface area contributed by atoms with Crippen molar-refractivity contribution >= 4 is 11.8 Å². The Bertz CT molecular complexity index is 329. The van der Waals surface area contributed by atoms with E-state index in [0.717, 1.165) is 0 Å². The van der Waals surface area contributed by atoms with E-state index < -0.39 is 6.04 Å². The molecule has 0 aromatic carbocycles. The van der Waals surface area contributed by atoms with Crippen molar-refractivity contribution in [1.29, 1.82) is 0 Å². The van der Waals surface area contributed by atoms with Crippen LogP contribution >= 0.6 is 0 Å². The van der Waals surface area contributed by atoms with Gasteiger partial charge in [-0.1, -0.05) is 13.8 Å². The summed E-state index contributed by atoms with van der Waals surface area (Å²) in [5.41, 5.74) is 0. The molecule has 2 unspecified atom stereocenters. The van der Waals surface area contributed by atoms with Crippen LogP contribution in [0.2, 0.25) is 0 Å². The monoisotopic (exact) mass is 270 g/mol. The first kappa shape index (κ1) is 16.0. The number of carbonyl (C=O) groups excluding carboxylic acids is 2. The lowest BCUT2D eigenvalue weighted by Crippen LogP contribution is -2.63. The third kappa shape index (κ3) is 4.49. The Kier molecular flexibility index (Phi) is 5.79. The number of nitrogens with one attached hydrogen (secondary N) is 1. The fourth-order valence-electron chi connectivity index (χ4n) is 2.21. The molecular weight excluding hydrogens is 244 g/mol. The van der Waals surface area contributed by atoms with Crippen LogP contribution in [0.4, 0.5) is 0 Å². The molecule has 0 radical (unpaired) electrons. The molecule has 1 fully saturated rings. The fraction of sp³-hybridized carbons (Fsp3) is 0.857. The summed E-state index contributed by atoms with van der Waals surface area (Å²) in [7, 11) is 0. The lowest BCUT2D eigenvalue weighted by Gasteiger charge is -2.38. The van der Waals surface area contributed by atoms with Gasteiger partial charge in [-0.05, 0) is 33.1 Å². The summed E-state index contributed by atoms with van der Waals surface area (Å²) in [5, 5.41) is 2.81. The predicted octanol–water partition coefficient (Wildman–Crippen LogP) is 1.17. The van der Waals surface area contributed by atoms with Crippen LogP contribution < -0.4 is 5.32 Å². The summed E-state index contributed by atoms with van der Waals surface area (Å²) in [6, 6.07) is -0.797. The lowest BCUT2D eigenvalue weighted by atomic mass is 9.99. The molecule has 0 aromatic heterocycles. The van der Waals surface area contributed by atoms with Crippen LogP contribution in [0.15, 0.2) is 0 Å². The quantitative estimate of drug-likeness (QED) is 0.788. The van der Waals surface area contributed by atoms with Gasteiger partial charge in [0.25, 0.3) is 0 Å². The molecular formula is C14H26N2O3. The van der Waals surface area contributed by atoms with Gasteiger partial charge in [0, 0.05) is 6.54 Å². The van der Waals surface area contributed by atoms with E-state index in [9.17, 15) is 9.59 Å². The summed E-state index contributed by atoms with van der Waals surface area (Å²) in [6.07, 6.45) is 0.814. The van der Waals surface area contributed by atoms with Gasteiger partial charge in [-0.3, -0.25) is 9.59 Å². The molecule has 19 heavy (non-hydrogen) atoms. The molecule has 0 aliphatic carbocycles. The Morgan fingerprint density at radius 2 is 1.89 bits per heavy atom. The molecule has 110 valence electrons. The molecule has 0 aromatic rings. The molecule has 1 N–H and O–H groups in total. The van der Waals surface area contributed by atoms with Crippen molar-refractivity contribution in [3.63, 3.8) is 0 Å². The van der Waals surface area contributed by atoms with E-state index in [0.29, 0.717) is 25.5 Å². The number of nitrogens with zero attached hydrogens (tertiary/aromatic N) is 1.